The summed E-state index contributed by atoms with van der Waals surface area (Å²) < 4.78 is 0. The van der Waals surface area contributed by atoms with Crippen LogP contribution in [-0.2, 0) is 0 Å². The average molecular weight is 297 g/mol. The Morgan fingerprint density at radius 1 is 1.23 bits per heavy atom. The Kier molecular flexibility index (Phi) is 4.39. The van der Waals surface area contributed by atoms with Gasteiger partial charge in [-0.25, -0.2) is 4.98 Å². The second-order valence-electron chi connectivity index (χ2n) is 6.11. The molecule has 0 radical (unpaired) electrons. The highest BCUT2D eigenvalue weighted by Crippen LogP contribution is 2.34. The number of anilines is 1. The van der Waals surface area contributed by atoms with E-state index in [-0.39, 0.29) is 12.5 Å². The van der Waals surface area contributed by atoms with Crippen LogP contribution in [-0.4, -0.2) is 34.8 Å². The number of aliphatic hydroxyl groups is 1. The highest BCUT2D eigenvalue weighted by Gasteiger charge is 2.31. The van der Waals surface area contributed by atoms with Crippen LogP contribution >= 0.6 is 0 Å². The number of benzene rings is 1. The molecule has 1 N–H and O–H groups in total. The fourth-order valence-corrected chi connectivity index (χ4v) is 3.37. The van der Waals surface area contributed by atoms with Crippen LogP contribution in [0.15, 0.2) is 36.5 Å². The third kappa shape index (κ3) is 2.97. The van der Waals surface area contributed by atoms with Crippen molar-refractivity contribution >= 4 is 5.82 Å². The smallest absolute Gasteiger partial charge is 0.150 e. The lowest BCUT2D eigenvalue weighted by Crippen LogP contribution is -2.42. The monoisotopic (exact) mass is 297 g/mol. The van der Waals surface area contributed by atoms with Gasteiger partial charge in [-0.15, -0.1) is 0 Å². The van der Waals surface area contributed by atoms with Crippen LogP contribution in [0.4, 0.5) is 5.82 Å². The van der Waals surface area contributed by atoms with Gasteiger partial charge >= 0.3 is 0 Å². The van der Waals surface area contributed by atoms with Crippen LogP contribution in [0.5, 0.6) is 0 Å². The molecular formula is C18H23N3O. The Hall–Kier alpha value is -1.94. The van der Waals surface area contributed by atoms with Gasteiger partial charge in [0.2, 0.25) is 0 Å². The lowest BCUT2D eigenvalue weighted by atomic mass is 9.81. The van der Waals surface area contributed by atoms with Gasteiger partial charge in [0.05, 0.1) is 11.4 Å². The fourth-order valence-electron chi connectivity index (χ4n) is 3.37. The maximum absolute atomic E-state index is 9.85. The van der Waals surface area contributed by atoms with E-state index in [1.165, 1.54) is 5.56 Å². The number of hydrogen-bond donors (Lipinski definition) is 1. The normalized spacial score (nSPS) is 21.9. The first-order valence-electron chi connectivity index (χ1n) is 7.90. The molecule has 2 atom stereocenters. The number of hydrogen-bond acceptors (Lipinski definition) is 4. The molecule has 1 saturated heterocycles. The van der Waals surface area contributed by atoms with Crippen molar-refractivity contribution in [2.75, 3.05) is 24.6 Å². The summed E-state index contributed by atoms with van der Waals surface area (Å²) in [7, 11) is 0. The molecule has 0 amide bonds. The van der Waals surface area contributed by atoms with Gasteiger partial charge in [0, 0.05) is 31.8 Å². The van der Waals surface area contributed by atoms with E-state index in [1.807, 2.05) is 19.9 Å². The molecule has 2 heterocycles. The molecule has 0 aliphatic carbocycles. The molecule has 1 aliphatic rings. The number of aryl methyl sites for hydroxylation is 2. The average Bonchev–Trinajstić information content (AvgIpc) is 2.57. The summed E-state index contributed by atoms with van der Waals surface area (Å²) in [5, 5.41) is 9.85. The number of rotatable bonds is 3. The molecule has 1 aromatic carbocycles. The first-order valence-corrected chi connectivity index (χ1v) is 7.90. The van der Waals surface area contributed by atoms with Gasteiger partial charge in [-0.2, -0.15) is 0 Å². The highest BCUT2D eigenvalue weighted by atomic mass is 16.3. The van der Waals surface area contributed by atoms with Crippen LogP contribution in [0.2, 0.25) is 0 Å². The molecule has 22 heavy (non-hydrogen) atoms. The zero-order valence-electron chi connectivity index (χ0n) is 13.2. The van der Waals surface area contributed by atoms with Crippen molar-refractivity contribution in [1.82, 2.24) is 9.97 Å². The summed E-state index contributed by atoms with van der Waals surface area (Å²) in [6.45, 7) is 5.95. The minimum Gasteiger partial charge on any atom is -0.396 e. The molecule has 2 aromatic rings. The van der Waals surface area contributed by atoms with Gasteiger partial charge in [-0.05, 0) is 31.7 Å². The minimum absolute atomic E-state index is 0.203. The topological polar surface area (TPSA) is 49.2 Å². The molecule has 1 fully saturated rings. The molecular weight excluding hydrogens is 274 g/mol. The quantitative estimate of drug-likeness (QED) is 0.946. The first-order chi connectivity index (χ1) is 10.7. The zero-order valence-corrected chi connectivity index (χ0v) is 13.2. The summed E-state index contributed by atoms with van der Waals surface area (Å²) in [5.41, 5.74) is 3.22. The van der Waals surface area contributed by atoms with E-state index in [0.717, 1.165) is 36.7 Å². The van der Waals surface area contributed by atoms with Crippen LogP contribution < -0.4 is 4.90 Å². The Labute approximate surface area is 131 Å². The fraction of sp³-hybridized carbons (Fsp3) is 0.444. The Bertz CT molecular complexity index is 629. The standard InChI is InChI=1S/C18H23N3O/c1-13-10-19-14(2)18(20-13)21-9-8-17(16(11-21)12-22)15-6-4-3-5-7-15/h3-7,10,16-17,22H,8-9,11-12H2,1-2H3/t16-,17+/m1/s1. The Morgan fingerprint density at radius 2 is 2.00 bits per heavy atom. The Morgan fingerprint density at radius 3 is 2.73 bits per heavy atom. The van der Waals surface area contributed by atoms with Gasteiger partial charge in [-0.3, -0.25) is 4.98 Å². The second kappa shape index (κ2) is 6.44. The number of aliphatic hydroxyl groups excluding tert-OH is 1. The molecule has 3 rings (SSSR count). The van der Waals surface area contributed by atoms with Gasteiger partial charge in [0.1, 0.15) is 5.82 Å². The third-order valence-electron chi connectivity index (χ3n) is 4.55. The molecule has 1 aliphatic heterocycles. The van der Waals surface area contributed by atoms with E-state index in [0.29, 0.717) is 5.92 Å². The van der Waals surface area contributed by atoms with Crippen molar-refractivity contribution in [2.24, 2.45) is 5.92 Å². The molecule has 4 nitrogen and oxygen atoms in total. The first kappa shape index (κ1) is 15.0. The number of nitrogens with zero attached hydrogens (tertiary/aromatic N) is 3. The predicted molar refractivity (Wildman–Crippen MR) is 88.1 cm³/mol. The molecule has 4 heteroatoms. The third-order valence-corrected chi connectivity index (χ3v) is 4.55. The number of piperidine rings is 1. The predicted octanol–water partition coefficient (Wildman–Crippen LogP) is 2.70. The summed E-state index contributed by atoms with van der Waals surface area (Å²) in [5.74, 6) is 1.61. The molecule has 0 bridgehead atoms. The maximum Gasteiger partial charge on any atom is 0.150 e. The van der Waals surface area contributed by atoms with Crippen LogP contribution in [0, 0.1) is 19.8 Å². The van der Waals surface area contributed by atoms with Crippen molar-refractivity contribution < 1.29 is 5.11 Å². The molecule has 0 saturated carbocycles. The van der Waals surface area contributed by atoms with E-state index >= 15 is 0 Å². The SMILES string of the molecule is Cc1cnc(C)c(N2CC[C@@H](c3ccccc3)[C@@H](CO)C2)n1. The van der Waals surface area contributed by atoms with E-state index in [9.17, 15) is 5.11 Å². The lowest BCUT2D eigenvalue weighted by Gasteiger charge is -2.39. The van der Waals surface area contributed by atoms with Gasteiger partial charge < -0.3 is 10.0 Å². The minimum atomic E-state index is 0.203. The van der Waals surface area contributed by atoms with Crippen molar-refractivity contribution in [1.29, 1.82) is 0 Å². The van der Waals surface area contributed by atoms with Crippen molar-refractivity contribution in [3.8, 4) is 0 Å². The second-order valence-corrected chi connectivity index (χ2v) is 6.11. The van der Waals surface area contributed by atoms with Crippen molar-refractivity contribution in [2.45, 2.75) is 26.2 Å². The van der Waals surface area contributed by atoms with E-state index in [4.69, 9.17) is 0 Å². The summed E-state index contributed by atoms with van der Waals surface area (Å²) in [4.78, 5) is 11.3. The van der Waals surface area contributed by atoms with E-state index in [1.54, 1.807) is 6.20 Å². The zero-order chi connectivity index (χ0) is 15.5. The highest BCUT2D eigenvalue weighted by molar-refractivity contribution is 5.44. The Balaban J connectivity index is 1.81. The van der Waals surface area contributed by atoms with Crippen molar-refractivity contribution in [3.05, 3.63) is 53.5 Å². The summed E-state index contributed by atoms with van der Waals surface area (Å²) >= 11 is 0. The van der Waals surface area contributed by atoms with Crippen LogP contribution in [0.3, 0.4) is 0 Å². The number of aromatic nitrogens is 2. The molecule has 116 valence electrons. The summed E-state index contributed by atoms with van der Waals surface area (Å²) in [6, 6.07) is 10.5. The van der Waals surface area contributed by atoms with Crippen molar-refractivity contribution in [3.63, 3.8) is 0 Å². The lowest BCUT2D eigenvalue weighted by molar-refractivity contribution is 0.189. The molecule has 0 spiro atoms. The maximum atomic E-state index is 9.85. The van der Waals surface area contributed by atoms with E-state index < -0.39 is 0 Å². The van der Waals surface area contributed by atoms with Gasteiger partial charge in [-0.1, -0.05) is 30.3 Å². The van der Waals surface area contributed by atoms with Gasteiger partial charge in [0.15, 0.2) is 0 Å². The van der Waals surface area contributed by atoms with E-state index in [2.05, 4.69) is 39.1 Å². The van der Waals surface area contributed by atoms with Gasteiger partial charge in [0.25, 0.3) is 0 Å². The molecule has 1 aromatic heterocycles. The van der Waals surface area contributed by atoms with Crippen LogP contribution in [0.1, 0.15) is 29.3 Å². The van der Waals surface area contributed by atoms with Crippen LogP contribution in [0.25, 0.3) is 0 Å². The summed E-state index contributed by atoms with van der Waals surface area (Å²) in [6.07, 6.45) is 2.84. The largest absolute Gasteiger partial charge is 0.396 e. The molecule has 0 unspecified atom stereocenters.